The third kappa shape index (κ3) is 3.26. The molecule has 3 atom stereocenters. The van der Waals surface area contributed by atoms with Crippen LogP contribution in [0.4, 0.5) is 13.2 Å². The van der Waals surface area contributed by atoms with E-state index in [-0.39, 0.29) is 12.5 Å². The Morgan fingerprint density at radius 3 is 2.67 bits per heavy atom. The molecule has 1 aromatic rings. The first-order chi connectivity index (χ1) is 8.48. The maximum absolute atomic E-state index is 13.0. The van der Waals surface area contributed by atoms with Gasteiger partial charge >= 0.3 is 6.18 Å². The van der Waals surface area contributed by atoms with Crippen LogP contribution in [0.1, 0.15) is 30.6 Å². The molecule has 2 N–H and O–H groups in total. The molecule has 0 aromatic carbocycles. The van der Waals surface area contributed by atoms with Crippen LogP contribution in [0.15, 0.2) is 17.5 Å². The van der Waals surface area contributed by atoms with Gasteiger partial charge < -0.3 is 5.73 Å². The van der Waals surface area contributed by atoms with Crippen molar-refractivity contribution in [1.82, 2.24) is 0 Å². The van der Waals surface area contributed by atoms with Crippen LogP contribution in [0.5, 0.6) is 0 Å². The number of hydrogen-bond acceptors (Lipinski definition) is 2. The number of thiophene rings is 1. The normalized spacial score (nSPS) is 27.1. The number of alkyl halides is 3. The van der Waals surface area contributed by atoms with E-state index in [1.807, 2.05) is 17.5 Å². The fraction of sp³-hybridized carbons (Fsp3) is 0.692. The molecule has 0 aliphatic heterocycles. The minimum Gasteiger partial charge on any atom is -0.327 e. The Labute approximate surface area is 109 Å². The Kier molecular flexibility index (Phi) is 4.33. The van der Waals surface area contributed by atoms with Gasteiger partial charge in [0.2, 0.25) is 0 Å². The van der Waals surface area contributed by atoms with E-state index in [0.717, 1.165) is 11.3 Å². The van der Waals surface area contributed by atoms with Gasteiger partial charge in [0.1, 0.15) is 0 Å². The molecule has 18 heavy (non-hydrogen) atoms. The van der Waals surface area contributed by atoms with E-state index in [2.05, 4.69) is 0 Å². The van der Waals surface area contributed by atoms with Gasteiger partial charge in [-0.05, 0) is 36.6 Å². The lowest BCUT2D eigenvalue weighted by atomic mass is 9.74. The minimum absolute atomic E-state index is 0.242. The van der Waals surface area contributed by atoms with Crippen LogP contribution in [-0.4, -0.2) is 12.2 Å². The highest BCUT2D eigenvalue weighted by Gasteiger charge is 2.47. The smallest absolute Gasteiger partial charge is 0.327 e. The average molecular weight is 277 g/mol. The lowest BCUT2D eigenvalue weighted by molar-refractivity contribution is -0.198. The molecule has 1 aliphatic rings. The van der Waals surface area contributed by atoms with Gasteiger partial charge in [0.15, 0.2) is 0 Å². The molecule has 1 aromatic heterocycles. The Hall–Kier alpha value is -0.550. The summed E-state index contributed by atoms with van der Waals surface area (Å²) in [6, 6.07) is 3.47. The van der Waals surface area contributed by atoms with Crippen molar-refractivity contribution in [3.05, 3.63) is 22.4 Å². The fourth-order valence-corrected chi connectivity index (χ4v) is 3.67. The van der Waals surface area contributed by atoms with Crippen molar-refractivity contribution in [2.45, 2.75) is 44.3 Å². The predicted octanol–water partition coefficient (Wildman–Crippen LogP) is 3.99. The van der Waals surface area contributed by atoms with E-state index in [1.165, 1.54) is 0 Å². The zero-order valence-corrected chi connectivity index (χ0v) is 10.9. The molecule has 1 nitrogen and oxygen atoms in total. The number of nitrogens with two attached hydrogens (primary N) is 1. The number of rotatable bonds is 3. The summed E-state index contributed by atoms with van der Waals surface area (Å²) < 4.78 is 38.9. The number of hydrogen-bond donors (Lipinski definition) is 1. The lowest BCUT2D eigenvalue weighted by Gasteiger charge is -2.36. The highest BCUT2D eigenvalue weighted by atomic mass is 32.1. The molecule has 1 saturated carbocycles. The van der Waals surface area contributed by atoms with Crippen LogP contribution in [0.3, 0.4) is 0 Å². The minimum atomic E-state index is -4.10. The zero-order chi connectivity index (χ0) is 13.2. The first-order valence-corrected chi connectivity index (χ1v) is 7.21. The van der Waals surface area contributed by atoms with Gasteiger partial charge in [-0.15, -0.1) is 11.3 Å². The van der Waals surface area contributed by atoms with E-state index in [9.17, 15) is 13.2 Å². The monoisotopic (exact) mass is 277 g/mol. The van der Waals surface area contributed by atoms with Crippen LogP contribution in [-0.2, 0) is 6.42 Å². The summed E-state index contributed by atoms with van der Waals surface area (Å²) in [6.45, 7) is 0. The van der Waals surface area contributed by atoms with Crippen LogP contribution in [0.25, 0.3) is 0 Å². The van der Waals surface area contributed by atoms with Crippen molar-refractivity contribution in [2.75, 3.05) is 0 Å². The highest BCUT2D eigenvalue weighted by Crippen LogP contribution is 2.43. The van der Waals surface area contributed by atoms with E-state index < -0.39 is 18.0 Å². The van der Waals surface area contributed by atoms with Gasteiger partial charge in [0, 0.05) is 10.9 Å². The van der Waals surface area contributed by atoms with Crippen LogP contribution >= 0.6 is 11.3 Å². The third-order valence-corrected chi connectivity index (χ3v) is 4.71. The molecule has 1 fully saturated rings. The van der Waals surface area contributed by atoms with E-state index in [0.29, 0.717) is 19.3 Å². The zero-order valence-electron chi connectivity index (χ0n) is 10.1. The van der Waals surface area contributed by atoms with Crippen molar-refractivity contribution in [1.29, 1.82) is 0 Å². The average Bonchev–Trinajstić information content (AvgIpc) is 2.80. The molecule has 0 radical (unpaired) electrons. The van der Waals surface area contributed by atoms with Gasteiger partial charge in [0.25, 0.3) is 0 Å². The molecule has 5 heteroatoms. The van der Waals surface area contributed by atoms with Gasteiger partial charge in [-0.25, -0.2) is 0 Å². The molecule has 0 spiro atoms. The molecule has 0 amide bonds. The van der Waals surface area contributed by atoms with Gasteiger partial charge in [0.05, 0.1) is 5.92 Å². The third-order valence-electron chi connectivity index (χ3n) is 3.81. The Morgan fingerprint density at radius 1 is 1.33 bits per heavy atom. The standard InChI is InChI=1S/C13H18F3NS/c14-13(15,16)11-6-2-1-5-10(11)12(17)8-9-4-3-7-18-9/h3-4,7,10-12H,1-2,5-6,8,17H2. The summed E-state index contributed by atoms with van der Waals surface area (Å²) in [5.41, 5.74) is 6.03. The molecule has 0 bridgehead atoms. The summed E-state index contributed by atoms with van der Waals surface area (Å²) in [5.74, 6) is -1.62. The molecular weight excluding hydrogens is 259 g/mol. The SMILES string of the molecule is NC(Cc1cccs1)C1CCCCC1C(F)(F)F. The molecule has 102 valence electrons. The Morgan fingerprint density at radius 2 is 2.06 bits per heavy atom. The summed E-state index contributed by atoms with van der Waals surface area (Å²) >= 11 is 1.56. The second-order valence-electron chi connectivity index (χ2n) is 5.04. The summed E-state index contributed by atoms with van der Waals surface area (Å²) in [4.78, 5) is 1.08. The van der Waals surface area contributed by atoms with Crippen molar-refractivity contribution >= 4 is 11.3 Å². The molecule has 3 unspecified atom stereocenters. The van der Waals surface area contributed by atoms with E-state index in [1.54, 1.807) is 11.3 Å². The first kappa shape index (κ1) is 13.9. The predicted molar refractivity (Wildman–Crippen MR) is 67.5 cm³/mol. The molecular formula is C13H18F3NS. The molecule has 1 aliphatic carbocycles. The van der Waals surface area contributed by atoms with Crippen molar-refractivity contribution in [3.8, 4) is 0 Å². The second-order valence-corrected chi connectivity index (χ2v) is 6.08. The molecule has 0 saturated heterocycles. The van der Waals surface area contributed by atoms with Crippen molar-refractivity contribution < 1.29 is 13.2 Å². The second kappa shape index (κ2) is 5.61. The van der Waals surface area contributed by atoms with Crippen LogP contribution in [0.2, 0.25) is 0 Å². The quantitative estimate of drug-likeness (QED) is 0.888. The Bertz CT molecular complexity index is 361. The van der Waals surface area contributed by atoms with Crippen LogP contribution in [0, 0.1) is 11.8 Å². The summed E-state index contributed by atoms with van der Waals surface area (Å²) in [7, 11) is 0. The largest absolute Gasteiger partial charge is 0.392 e. The number of halogens is 3. The molecule has 2 rings (SSSR count). The Balaban J connectivity index is 2.04. The van der Waals surface area contributed by atoms with E-state index >= 15 is 0 Å². The van der Waals surface area contributed by atoms with Gasteiger partial charge in [-0.3, -0.25) is 0 Å². The fourth-order valence-electron chi connectivity index (χ4n) is 2.89. The lowest BCUT2D eigenvalue weighted by Crippen LogP contribution is -2.44. The highest BCUT2D eigenvalue weighted by molar-refractivity contribution is 7.09. The van der Waals surface area contributed by atoms with Crippen LogP contribution < -0.4 is 5.73 Å². The summed E-state index contributed by atoms with van der Waals surface area (Å²) in [6.07, 6.45) is -1.14. The van der Waals surface area contributed by atoms with Crippen molar-refractivity contribution in [2.24, 2.45) is 17.6 Å². The topological polar surface area (TPSA) is 26.0 Å². The maximum atomic E-state index is 13.0. The van der Waals surface area contributed by atoms with Crippen molar-refractivity contribution in [3.63, 3.8) is 0 Å². The summed E-state index contributed by atoms with van der Waals surface area (Å²) in [5, 5.41) is 1.93. The first-order valence-electron chi connectivity index (χ1n) is 6.33. The van der Waals surface area contributed by atoms with E-state index in [4.69, 9.17) is 5.73 Å². The van der Waals surface area contributed by atoms with Gasteiger partial charge in [-0.2, -0.15) is 13.2 Å². The molecule has 1 heterocycles. The maximum Gasteiger partial charge on any atom is 0.392 e. The van der Waals surface area contributed by atoms with Gasteiger partial charge in [-0.1, -0.05) is 18.9 Å².